The number of piperazine rings is 1. The highest BCUT2D eigenvalue weighted by Gasteiger charge is 2.23. The molecule has 0 aromatic carbocycles. The molecule has 1 fully saturated rings. The summed E-state index contributed by atoms with van der Waals surface area (Å²) < 4.78 is 10.7. The molecule has 0 aliphatic carbocycles. The van der Waals surface area contributed by atoms with E-state index < -0.39 is 0 Å². The van der Waals surface area contributed by atoms with E-state index in [4.69, 9.17) is 9.47 Å². The number of amides is 1. The molecule has 0 saturated carbocycles. The Morgan fingerprint density at radius 3 is 2.32 bits per heavy atom. The minimum absolute atomic E-state index is 0. The van der Waals surface area contributed by atoms with Crippen LogP contribution in [-0.4, -0.2) is 80.9 Å². The molecule has 1 amide bonds. The Morgan fingerprint density at radius 1 is 1.12 bits per heavy atom. The highest BCUT2D eigenvalue weighted by atomic mass is 127. The van der Waals surface area contributed by atoms with Gasteiger partial charge in [-0.2, -0.15) is 0 Å². The van der Waals surface area contributed by atoms with Gasteiger partial charge in [-0.05, 0) is 26.2 Å². The molecule has 1 aliphatic rings. The van der Waals surface area contributed by atoms with Crippen molar-refractivity contribution in [2.75, 3.05) is 59.1 Å². The van der Waals surface area contributed by atoms with E-state index in [2.05, 4.69) is 36.0 Å². The van der Waals surface area contributed by atoms with Crippen LogP contribution in [0.2, 0.25) is 0 Å². The van der Waals surface area contributed by atoms with Gasteiger partial charge in [0.15, 0.2) is 5.96 Å². The SMILES string of the molecule is CCNC(=NCCOCCC(C)C)N1CCN(C(=O)OCC)CC1.I. The molecule has 0 bridgehead atoms. The molecule has 1 aliphatic heterocycles. The molecule has 0 radical (unpaired) electrons. The molecule has 0 aromatic heterocycles. The van der Waals surface area contributed by atoms with Crippen molar-refractivity contribution in [3.05, 3.63) is 0 Å². The van der Waals surface area contributed by atoms with Crippen LogP contribution in [0.4, 0.5) is 4.79 Å². The first-order chi connectivity index (χ1) is 11.6. The summed E-state index contributed by atoms with van der Waals surface area (Å²) in [5.41, 5.74) is 0. The summed E-state index contributed by atoms with van der Waals surface area (Å²) >= 11 is 0. The summed E-state index contributed by atoms with van der Waals surface area (Å²) in [6.07, 6.45) is 0.859. The van der Waals surface area contributed by atoms with Crippen LogP contribution < -0.4 is 5.32 Å². The van der Waals surface area contributed by atoms with Crippen LogP contribution in [0.25, 0.3) is 0 Å². The maximum atomic E-state index is 11.7. The molecule has 148 valence electrons. The van der Waals surface area contributed by atoms with Crippen LogP contribution in [0.3, 0.4) is 0 Å². The van der Waals surface area contributed by atoms with Crippen LogP contribution in [0.5, 0.6) is 0 Å². The van der Waals surface area contributed by atoms with Gasteiger partial charge in [0, 0.05) is 39.3 Å². The van der Waals surface area contributed by atoms with Gasteiger partial charge in [0.05, 0.1) is 19.8 Å². The lowest BCUT2D eigenvalue weighted by Gasteiger charge is -2.35. The highest BCUT2D eigenvalue weighted by molar-refractivity contribution is 14.0. The average molecular weight is 470 g/mol. The Morgan fingerprint density at radius 2 is 1.76 bits per heavy atom. The van der Waals surface area contributed by atoms with Crippen molar-refractivity contribution in [1.82, 2.24) is 15.1 Å². The second-order valence-corrected chi connectivity index (χ2v) is 6.20. The van der Waals surface area contributed by atoms with E-state index in [0.29, 0.717) is 38.8 Å². The third kappa shape index (κ3) is 10.1. The Labute approximate surface area is 169 Å². The van der Waals surface area contributed by atoms with Crippen LogP contribution in [-0.2, 0) is 9.47 Å². The zero-order valence-electron chi connectivity index (χ0n) is 16.1. The maximum absolute atomic E-state index is 11.7. The minimum Gasteiger partial charge on any atom is -0.450 e. The smallest absolute Gasteiger partial charge is 0.409 e. The molecule has 0 aromatic rings. The van der Waals surface area contributed by atoms with Gasteiger partial charge in [0.1, 0.15) is 0 Å². The number of hydrogen-bond donors (Lipinski definition) is 1. The van der Waals surface area contributed by atoms with Crippen LogP contribution in [0.15, 0.2) is 4.99 Å². The average Bonchev–Trinajstić information content (AvgIpc) is 2.57. The van der Waals surface area contributed by atoms with E-state index in [-0.39, 0.29) is 30.1 Å². The highest BCUT2D eigenvalue weighted by Crippen LogP contribution is 2.04. The fraction of sp³-hybridized carbons (Fsp3) is 0.882. The topological polar surface area (TPSA) is 66.4 Å². The molecule has 0 atom stereocenters. The standard InChI is InChI=1S/C17H34N4O3.HI/c1-5-18-16(19-8-14-23-13-7-15(3)4)20-9-11-21(12-10-20)17(22)24-6-2;/h15H,5-14H2,1-4H3,(H,18,19);1H. The van der Waals surface area contributed by atoms with Crippen molar-refractivity contribution in [3.8, 4) is 0 Å². The van der Waals surface area contributed by atoms with Gasteiger partial charge in [0.25, 0.3) is 0 Å². The van der Waals surface area contributed by atoms with Crippen LogP contribution >= 0.6 is 24.0 Å². The fourth-order valence-electron chi connectivity index (χ4n) is 2.38. The largest absolute Gasteiger partial charge is 0.450 e. The number of nitrogens with one attached hydrogen (secondary N) is 1. The molecular formula is C17H35IN4O3. The van der Waals surface area contributed by atoms with Crippen molar-refractivity contribution in [2.24, 2.45) is 10.9 Å². The molecule has 0 unspecified atom stereocenters. The lowest BCUT2D eigenvalue weighted by Crippen LogP contribution is -2.54. The predicted octanol–water partition coefficient (Wildman–Crippen LogP) is 2.41. The van der Waals surface area contributed by atoms with Crippen molar-refractivity contribution >= 4 is 36.0 Å². The molecule has 1 N–H and O–H groups in total. The molecule has 25 heavy (non-hydrogen) atoms. The number of halogens is 1. The zero-order chi connectivity index (χ0) is 17.8. The molecule has 8 heteroatoms. The van der Waals surface area contributed by atoms with Gasteiger partial charge in [0.2, 0.25) is 0 Å². The number of nitrogens with zero attached hydrogens (tertiary/aromatic N) is 3. The Hall–Kier alpha value is -0.770. The summed E-state index contributed by atoms with van der Waals surface area (Å²) in [5, 5.41) is 3.32. The summed E-state index contributed by atoms with van der Waals surface area (Å²) in [6, 6.07) is 0. The number of hydrogen-bond acceptors (Lipinski definition) is 4. The molecule has 0 spiro atoms. The monoisotopic (exact) mass is 470 g/mol. The number of rotatable bonds is 8. The quantitative estimate of drug-likeness (QED) is 0.256. The summed E-state index contributed by atoms with van der Waals surface area (Å²) in [7, 11) is 0. The van der Waals surface area contributed by atoms with E-state index in [9.17, 15) is 4.79 Å². The predicted molar refractivity (Wildman–Crippen MR) is 112 cm³/mol. The first kappa shape index (κ1) is 24.2. The number of carbonyl (C=O) groups is 1. The van der Waals surface area contributed by atoms with Crippen LogP contribution in [0.1, 0.15) is 34.1 Å². The number of carbonyl (C=O) groups excluding carboxylic acids is 1. The second-order valence-electron chi connectivity index (χ2n) is 6.20. The maximum Gasteiger partial charge on any atom is 0.409 e. The fourth-order valence-corrected chi connectivity index (χ4v) is 2.38. The zero-order valence-corrected chi connectivity index (χ0v) is 18.5. The number of aliphatic imine (C=N–C) groups is 1. The molecule has 1 rings (SSSR count). The van der Waals surface area contributed by atoms with Crippen molar-refractivity contribution in [1.29, 1.82) is 0 Å². The molecular weight excluding hydrogens is 435 g/mol. The van der Waals surface area contributed by atoms with Gasteiger partial charge in [-0.1, -0.05) is 13.8 Å². The van der Waals surface area contributed by atoms with E-state index >= 15 is 0 Å². The van der Waals surface area contributed by atoms with Crippen molar-refractivity contribution < 1.29 is 14.3 Å². The van der Waals surface area contributed by atoms with E-state index in [0.717, 1.165) is 38.6 Å². The van der Waals surface area contributed by atoms with Crippen LogP contribution in [0, 0.1) is 5.92 Å². The lowest BCUT2D eigenvalue weighted by atomic mass is 10.1. The number of guanidine groups is 1. The summed E-state index contributed by atoms with van der Waals surface area (Å²) in [5.74, 6) is 1.56. The van der Waals surface area contributed by atoms with Gasteiger partial charge in [-0.15, -0.1) is 24.0 Å². The molecule has 1 saturated heterocycles. The molecule has 1 heterocycles. The third-order valence-corrected chi connectivity index (χ3v) is 3.78. The van der Waals surface area contributed by atoms with Gasteiger partial charge < -0.3 is 24.6 Å². The third-order valence-electron chi connectivity index (χ3n) is 3.78. The molecule has 7 nitrogen and oxygen atoms in total. The lowest BCUT2D eigenvalue weighted by molar-refractivity contribution is 0.0913. The minimum atomic E-state index is -0.224. The summed E-state index contributed by atoms with van der Waals surface area (Å²) in [6.45, 7) is 14.5. The first-order valence-electron chi connectivity index (χ1n) is 9.11. The number of ether oxygens (including phenoxy) is 2. The van der Waals surface area contributed by atoms with Gasteiger partial charge in [-0.25, -0.2) is 4.79 Å². The Balaban J connectivity index is 0.00000576. The van der Waals surface area contributed by atoms with Crippen molar-refractivity contribution in [2.45, 2.75) is 34.1 Å². The van der Waals surface area contributed by atoms with E-state index in [1.165, 1.54) is 0 Å². The Bertz CT molecular complexity index is 386. The Kier molecular flexibility index (Phi) is 14.0. The van der Waals surface area contributed by atoms with E-state index in [1.807, 2.05) is 6.92 Å². The summed E-state index contributed by atoms with van der Waals surface area (Å²) in [4.78, 5) is 20.3. The van der Waals surface area contributed by atoms with Crippen molar-refractivity contribution in [3.63, 3.8) is 0 Å². The normalized spacial score (nSPS) is 15.2. The van der Waals surface area contributed by atoms with Gasteiger partial charge in [-0.3, -0.25) is 4.99 Å². The van der Waals surface area contributed by atoms with E-state index in [1.54, 1.807) is 4.90 Å². The second kappa shape index (κ2) is 14.4. The first-order valence-corrected chi connectivity index (χ1v) is 9.11. The van der Waals surface area contributed by atoms with Gasteiger partial charge >= 0.3 is 6.09 Å².